The lowest BCUT2D eigenvalue weighted by molar-refractivity contribution is -0.156. The van der Waals surface area contributed by atoms with Crippen LogP contribution in [0.25, 0.3) is 11.1 Å². The van der Waals surface area contributed by atoms with Gasteiger partial charge in [0.05, 0.1) is 27.5 Å². The van der Waals surface area contributed by atoms with Crippen molar-refractivity contribution < 1.29 is 19.5 Å². The van der Waals surface area contributed by atoms with Crippen LogP contribution in [0.4, 0.5) is 11.4 Å². The summed E-state index contributed by atoms with van der Waals surface area (Å²) in [7, 11) is 5.84. The van der Waals surface area contributed by atoms with Crippen LogP contribution in [0.2, 0.25) is 5.02 Å². The van der Waals surface area contributed by atoms with E-state index in [9.17, 15) is 19.5 Å². The minimum absolute atomic E-state index is 0.290. The number of imidazole rings is 2. The number of nitrogens with zero attached hydrogens (tertiary/aromatic N) is 6. The van der Waals surface area contributed by atoms with Crippen molar-refractivity contribution in [3.63, 3.8) is 0 Å². The fourth-order valence-electron chi connectivity index (χ4n) is 10.1. The van der Waals surface area contributed by atoms with Crippen LogP contribution in [0.1, 0.15) is 95.0 Å². The molecule has 0 spiro atoms. The molecule has 8 rings (SSSR count). The predicted molar refractivity (Wildman–Crippen MR) is 212 cm³/mol. The summed E-state index contributed by atoms with van der Waals surface area (Å²) >= 11 is 6.99. The number of carboxylic acids is 1. The molecule has 2 amide bonds. The molecule has 2 fully saturated rings. The number of halogens is 1. The van der Waals surface area contributed by atoms with Gasteiger partial charge in [-0.1, -0.05) is 42.8 Å². The second kappa shape index (κ2) is 14.5. The molecule has 2 aromatic carbocycles. The fraction of sp³-hybridized carbons (Fsp3) is 0.500. The predicted octanol–water partition coefficient (Wildman–Crippen LogP) is 6.69. The van der Waals surface area contributed by atoms with E-state index in [1.165, 1.54) is 0 Å². The average molecular weight is 767 g/mol. The Labute approximate surface area is 327 Å². The van der Waals surface area contributed by atoms with Gasteiger partial charge in [0.15, 0.2) is 11.6 Å². The summed E-state index contributed by atoms with van der Waals surface area (Å²) in [6.07, 6.45) is 7.11. The van der Waals surface area contributed by atoms with Gasteiger partial charge in [0.2, 0.25) is 0 Å². The van der Waals surface area contributed by atoms with Crippen molar-refractivity contribution in [1.29, 1.82) is 0 Å². The Bertz CT molecular complexity index is 2190. The number of carbonyl (C=O) groups is 3. The molecule has 2 bridgehead atoms. The highest BCUT2D eigenvalue weighted by molar-refractivity contribution is 6.36. The molecule has 4 aromatic rings. The second-order valence-electron chi connectivity index (χ2n) is 16.4. The van der Waals surface area contributed by atoms with Gasteiger partial charge in [-0.05, 0) is 87.6 Å². The van der Waals surface area contributed by atoms with Crippen molar-refractivity contribution in [3.8, 4) is 11.1 Å². The number of aliphatic carboxylic acids is 1. The lowest BCUT2D eigenvalue weighted by Gasteiger charge is -2.51. The molecule has 4 heterocycles. The van der Waals surface area contributed by atoms with Crippen LogP contribution < -0.4 is 10.6 Å². The minimum Gasteiger partial charge on any atom is -0.481 e. The van der Waals surface area contributed by atoms with E-state index in [0.29, 0.717) is 65.4 Å². The molecule has 4 unspecified atom stereocenters. The molecule has 13 heteroatoms. The van der Waals surface area contributed by atoms with E-state index in [1.54, 1.807) is 6.07 Å². The first-order valence-corrected chi connectivity index (χ1v) is 20.0. The van der Waals surface area contributed by atoms with Crippen molar-refractivity contribution in [3.05, 3.63) is 81.4 Å². The maximum absolute atomic E-state index is 13.9. The molecule has 0 radical (unpaired) electrons. The van der Waals surface area contributed by atoms with Crippen molar-refractivity contribution >= 4 is 40.8 Å². The third kappa shape index (κ3) is 6.65. The van der Waals surface area contributed by atoms with Crippen molar-refractivity contribution in [2.75, 3.05) is 30.8 Å². The molecule has 2 aliphatic heterocycles. The van der Waals surface area contributed by atoms with Gasteiger partial charge in [-0.2, -0.15) is 0 Å². The number of benzene rings is 2. The normalized spacial score (nSPS) is 23.9. The highest BCUT2D eigenvalue weighted by Gasteiger charge is 2.50. The molecule has 4 aliphatic rings. The number of nitrogens with one attached hydrogen (secondary N) is 2. The van der Waals surface area contributed by atoms with Crippen molar-refractivity contribution in [2.45, 2.75) is 84.3 Å². The summed E-state index contributed by atoms with van der Waals surface area (Å²) in [6, 6.07) is 11.6. The molecule has 2 saturated carbocycles. The van der Waals surface area contributed by atoms with Gasteiger partial charge in [0.1, 0.15) is 0 Å². The third-order valence-electron chi connectivity index (χ3n) is 13.2. The largest absolute Gasteiger partial charge is 0.481 e. The van der Waals surface area contributed by atoms with E-state index in [4.69, 9.17) is 16.6 Å². The number of carboxylic acid groups (broad SMARTS) is 1. The lowest BCUT2D eigenvalue weighted by Crippen LogP contribution is -2.52. The zero-order valence-corrected chi connectivity index (χ0v) is 33.2. The van der Waals surface area contributed by atoms with E-state index >= 15 is 0 Å². The Morgan fingerprint density at radius 1 is 0.855 bits per heavy atom. The Kier molecular flexibility index (Phi) is 9.88. The van der Waals surface area contributed by atoms with Gasteiger partial charge in [-0.25, -0.2) is 9.97 Å². The lowest BCUT2D eigenvalue weighted by atomic mass is 9.58. The Hall–Kier alpha value is -4.52. The summed E-state index contributed by atoms with van der Waals surface area (Å²) in [5.41, 5.74) is 6.90. The zero-order valence-electron chi connectivity index (χ0n) is 32.4. The highest BCUT2D eigenvalue weighted by atomic mass is 35.5. The van der Waals surface area contributed by atoms with Crippen LogP contribution in [-0.2, 0) is 44.8 Å². The molecule has 2 aromatic heterocycles. The Balaban J connectivity index is 0.978. The number of anilines is 2. The maximum atomic E-state index is 13.9. The average Bonchev–Trinajstić information content (AvgIpc) is 3.68. The van der Waals surface area contributed by atoms with E-state index in [-0.39, 0.29) is 11.8 Å². The first kappa shape index (κ1) is 37.4. The number of likely N-dealkylation sites (N-methyl/N-ethyl adjacent to an activating group) is 1. The molecular formula is C42H51ClN8O4. The monoisotopic (exact) mass is 766 g/mol. The first-order valence-electron chi connectivity index (χ1n) is 19.6. The van der Waals surface area contributed by atoms with E-state index in [1.807, 2.05) is 74.5 Å². The van der Waals surface area contributed by atoms with Crippen LogP contribution in [0.3, 0.4) is 0 Å². The van der Waals surface area contributed by atoms with Crippen molar-refractivity contribution in [2.24, 2.45) is 31.3 Å². The molecule has 3 N–H and O–H groups in total. The minimum atomic E-state index is -0.639. The smallest absolute Gasteiger partial charge is 0.309 e. The molecule has 12 nitrogen and oxygen atoms in total. The summed E-state index contributed by atoms with van der Waals surface area (Å²) in [6.45, 7) is 7.13. The number of fused-ring (bicyclic) bond motifs is 4. The third-order valence-corrected chi connectivity index (χ3v) is 13.6. The number of amides is 2. The SMILES string of the molecule is CCC1(C(=O)O)CC2CCC(N3CCc4c(nc(C(=O)Nc5cccc(-c6cccc(NC(=O)c7nc8c(n7C)CCN(C)C8)c6Cl)c5C)n4C)C3)C(C2)C1. The Morgan fingerprint density at radius 3 is 2.15 bits per heavy atom. The van der Waals surface area contributed by atoms with Gasteiger partial charge in [0, 0.05) is 81.8 Å². The number of hydrogen-bond acceptors (Lipinski definition) is 7. The number of hydrogen-bond donors (Lipinski definition) is 3. The number of rotatable bonds is 8. The molecule has 2 aliphatic carbocycles. The fourth-order valence-corrected chi connectivity index (χ4v) is 10.4. The summed E-state index contributed by atoms with van der Waals surface area (Å²) in [5.74, 6) is 0.313. The summed E-state index contributed by atoms with van der Waals surface area (Å²) in [4.78, 5) is 54.0. The number of aromatic nitrogens is 4. The van der Waals surface area contributed by atoms with Crippen molar-refractivity contribution in [1.82, 2.24) is 28.9 Å². The van der Waals surface area contributed by atoms with Gasteiger partial charge in [-0.15, -0.1) is 0 Å². The molecule has 4 atom stereocenters. The molecular weight excluding hydrogens is 716 g/mol. The van der Waals surface area contributed by atoms with Gasteiger partial charge in [0.25, 0.3) is 11.8 Å². The van der Waals surface area contributed by atoms with Crippen LogP contribution >= 0.6 is 11.6 Å². The van der Waals surface area contributed by atoms with Crippen LogP contribution in [-0.4, -0.2) is 78.0 Å². The van der Waals surface area contributed by atoms with Crippen LogP contribution in [0.5, 0.6) is 0 Å². The maximum Gasteiger partial charge on any atom is 0.309 e. The van der Waals surface area contributed by atoms with E-state index in [2.05, 4.69) is 25.4 Å². The zero-order chi connectivity index (χ0) is 38.8. The Morgan fingerprint density at radius 2 is 1.47 bits per heavy atom. The van der Waals surface area contributed by atoms with E-state index in [0.717, 1.165) is 97.5 Å². The quantitative estimate of drug-likeness (QED) is 0.181. The standard InChI is InChI=1S/C42H51ClN8O4/c1-6-42(41(54)55)20-25-13-14-33(26(19-25)21-42)51-18-16-35-32(23-51)45-37(50(35)5)39(52)46-29-11-7-9-27(24(29)2)28-10-8-12-30(36(28)43)47-40(53)38-44-31-22-48(3)17-15-34(31)49(38)4/h7-12,25-26,33H,6,13-23H2,1-5H3,(H,46,52)(H,47,53)(H,54,55). The first-order chi connectivity index (χ1) is 26.4. The summed E-state index contributed by atoms with van der Waals surface area (Å²) in [5, 5.41) is 16.7. The topological polar surface area (TPSA) is 138 Å². The van der Waals surface area contributed by atoms with Gasteiger partial charge >= 0.3 is 5.97 Å². The van der Waals surface area contributed by atoms with Crippen LogP contribution in [0, 0.1) is 24.2 Å². The number of carbonyl (C=O) groups excluding carboxylic acids is 2. The molecule has 55 heavy (non-hydrogen) atoms. The second-order valence-corrected chi connectivity index (χ2v) is 16.8. The van der Waals surface area contributed by atoms with Crippen LogP contribution in [0.15, 0.2) is 36.4 Å². The molecule has 290 valence electrons. The summed E-state index contributed by atoms with van der Waals surface area (Å²) < 4.78 is 3.80. The van der Waals surface area contributed by atoms with E-state index < -0.39 is 11.4 Å². The van der Waals surface area contributed by atoms with Gasteiger partial charge in [-0.3, -0.25) is 19.3 Å². The molecule has 0 saturated heterocycles. The highest BCUT2D eigenvalue weighted by Crippen LogP contribution is 2.52. The van der Waals surface area contributed by atoms with Gasteiger partial charge < -0.3 is 29.8 Å².